The number of rotatable bonds is 6. The summed E-state index contributed by atoms with van der Waals surface area (Å²) in [5.74, 6) is -1.50. The summed E-state index contributed by atoms with van der Waals surface area (Å²) in [5.41, 5.74) is -1.13. The minimum Gasteiger partial charge on any atom is -0.459 e. The number of ether oxygens (including phenoxy) is 3. The molecule has 1 aliphatic heterocycles. The smallest absolute Gasteiger partial charge is 0.338 e. The Labute approximate surface area is 197 Å². The van der Waals surface area contributed by atoms with Gasteiger partial charge in [-0.25, -0.2) is 14.4 Å². The van der Waals surface area contributed by atoms with Gasteiger partial charge in [-0.1, -0.05) is 48.0 Å². The van der Waals surface area contributed by atoms with Gasteiger partial charge in [-0.2, -0.15) is 0 Å². The number of H-pyrrole nitrogens is 1. The molecular weight excluding hydrogens is 468 g/mol. The molecule has 2 heterocycles. The summed E-state index contributed by atoms with van der Waals surface area (Å²) < 4.78 is 17.3. The van der Waals surface area contributed by atoms with Crippen molar-refractivity contribution in [1.82, 2.24) is 9.55 Å². The van der Waals surface area contributed by atoms with Gasteiger partial charge >= 0.3 is 17.6 Å². The number of alkyl halides is 1. The Bertz CT molecular complexity index is 1290. The van der Waals surface area contributed by atoms with E-state index in [0.717, 1.165) is 16.8 Å². The van der Waals surface area contributed by atoms with Crippen molar-refractivity contribution in [3.63, 3.8) is 0 Å². The number of hydrogen-bond donors (Lipinski definition) is 2. The van der Waals surface area contributed by atoms with Crippen LogP contribution in [0.2, 0.25) is 0 Å². The first-order valence-corrected chi connectivity index (χ1v) is 10.5. The molecule has 11 heteroatoms. The number of hydrogen-bond acceptors (Lipinski definition) is 8. The maximum Gasteiger partial charge on any atom is 0.338 e. The zero-order valence-corrected chi connectivity index (χ0v) is 18.3. The van der Waals surface area contributed by atoms with Crippen LogP contribution in [0.1, 0.15) is 26.9 Å². The monoisotopic (exact) mass is 486 g/mol. The number of halogens is 1. The van der Waals surface area contributed by atoms with Gasteiger partial charge in [-0.15, -0.1) is 0 Å². The van der Waals surface area contributed by atoms with Gasteiger partial charge in [0.2, 0.25) is 5.06 Å². The van der Waals surface area contributed by atoms with E-state index >= 15 is 0 Å². The first-order chi connectivity index (χ1) is 16.3. The predicted molar refractivity (Wildman–Crippen MR) is 118 cm³/mol. The van der Waals surface area contributed by atoms with E-state index in [2.05, 4.69) is 0 Å². The molecule has 0 radical (unpaired) electrons. The van der Waals surface area contributed by atoms with Gasteiger partial charge in [0.25, 0.3) is 5.56 Å². The summed E-state index contributed by atoms with van der Waals surface area (Å²) in [7, 11) is 0. The Morgan fingerprint density at radius 1 is 1.00 bits per heavy atom. The van der Waals surface area contributed by atoms with Crippen LogP contribution in [-0.2, 0) is 14.2 Å². The van der Waals surface area contributed by atoms with E-state index in [9.17, 15) is 24.3 Å². The number of nitrogens with one attached hydrogen (secondary N) is 1. The standard InChI is InChI=1S/C23H19ClN2O8/c24-23(31)18(34-20(29)15-9-5-2-6-10-15)16(13-32-19(28)14-7-3-1-4-8-14)33-21(23)26-12-11-17(27)25-22(26)30/h1-12,16,18,21,31H,13H2,(H,25,27,30)/t16-,18?,21-,23?/m0/s1. The van der Waals surface area contributed by atoms with Crippen LogP contribution in [0.15, 0.2) is 82.5 Å². The maximum absolute atomic E-state index is 12.7. The molecule has 0 amide bonds. The Kier molecular flexibility index (Phi) is 6.64. The lowest BCUT2D eigenvalue weighted by atomic mass is 10.1. The van der Waals surface area contributed by atoms with Crippen LogP contribution >= 0.6 is 11.6 Å². The Balaban J connectivity index is 1.62. The highest BCUT2D eigenvalue weighted by atomic mass is 35.5. The van der Waals surface area contributed by atoms with Crippen LogP contribution in [-0.4, -0.2) is 50.5 Å². The van der Waals surface area contributed by atoms with Gasteiger partial charge in [0.15, 0.2) is 12.3 Å². The van der Waals surface area contributed by atoms with Gasteiger partial charge in [-0.05, 0) is 24.3 Å². The van der Waals surface area contributed by atoms with Crippen molar-refractivity contribution in [2.45, 2.75) is 23.5 Å². The number of aliphatic hydroxyl groups is 1. The summed E-state index contributed by atoms with van der Waals surface area (Å²) in [6.45, 7) is -0.454. The van der Waals surface area contributed by atoms with Crippen molar-refractivity contribution in [3.05, 3.63) is 105 Å². The SMILES string of the molecule is O=C(OC[C@@H]1O[C@H](n2ccc(=O)[nH]c2=O)C(O)(Cl)C1OC(=O)c1ccccc1)c1ccccc1. The average molecular weight is 487 g/mol. The predicted octanol–water partition coefficient (Wildman–Crippen LogP) is 1.44. The lowest BCUT2D eigenvalue weighted by molar-refractivity contribution is -0.0683. The van der Waals surface area contributed by atoms with E-state index in [0.29, 0.717) is 0 Å². The van der Waals surface area contributed by atoms with Crippen LogP contribution in [0.3, 0.4) is 0 Å². The van der Waals surface area contributed by atoms with E-state index < -0.39 is 53.3 Å². The average Bonchev–Trinajstić information content (AvgIpc) is 3.08. The van der Waals surface area contributed by atoms with Gasteiger partial charge in [0, 0.05) is 12.3 Å². The summed E-state index contributed by atoms with van der Waals surface area (Å²) in [6, 6.07) is 17.1. The van der Waals surface area contributed by atoms with E-state index in [1.807, 2.05) is 4.98 Å². The minimum atomic E-state index is -2.45. The second-order valence-electron chi connectivity index (χ2n) is 7.43. The number of carbonyl (C=O) groups excluding carboxylic acids is 2. The van der Waals surface area contributed by atoms with Crippen molar-refractivity contribution >= 4 is 23.5 Å². The Hall–Kier alpha value is -3.73. The molecule has 0 bridgehead atoms. The third kappa shape index (κ3) is 4.79. The lowest BCUT2D eigenvalue weighted by Crippen LogP contribution is -2.47. The largest absolute Gasteiger partial charge is 0.459 e. The molecule has 10 nitrogen and oxygen atoms in total. The first kappa shape index (κ1) is 23.4. The summed E-state index contributed by atoms with van der Waals surface area (Å²) in [6.07, 6.45) is -3.29. The van der Waals surface area contributed by atoms with Gasteiger partial charge in [0.05, 0.1) is 11.1 Å². The minimum absolute atomic E-state index is 0.180. The molecule has 4 rings (SSSR count). The quantitative estimate of drug-likeness (QED) is 0.394. The molecule has 1 aliphatic rings. The maximum atomic E-state index is 12.7. The molecule has 0 spiro atoms. The third-order valence-corrected chi connectivity index (χ3v) is 5.52. The second-order valence-corrected chi connectivity index (χ2v) is 8.03. The molecule has 1 fully saturated rings. The normalized spacial score (nSPS) is 23.9. The second kappa shape index (κ2) is 9.64. The van der Waals surface area contributed by atoms with Crippen LogP contribution < -0.4 is 11.2 Å². The van der Waals surface area contributed by atoms with Crippen molar-refractivity contribution in [1.29, 1.82) is 0 Å². The first-order valence-electron chi connectivity index (χ1n) is 10.1. The summed E-state index contributed by atoms with van der Waals surface area (Å²) in [5, 5.41) is 8.63. The number of aromatic nitrogens is 2. The van der Waals surface area contributed by atoms with Crippen LogP contribution in [0, 0.1) is 0 Å². The highest BCUT2D eigenvalue weighted by Gasteiger charge is 2.59. The molecule has 2 aromatic carbocycles. The molecule has 2 N–H and O–H groups in total. The zero-order valence-electron chi connectivity index (χ0n) is 17.5. The van der Waals surface area contributed by atoms with Crippen molar-refractivity contribution in [2.75, 3.05) is 6.61 Å². The molecule has 0 aliphatic carbocycles. The molecule has 0 saturated carbocycles. The highest BCUT2D eigenvalue weighted by Crippen LogP contribution is 2.43. The molecule has 3 aromatic rings. The molecule has 2 unspecified atom stereocenters. The lowest BCUT2D eigenvalue weighted by Gasteiger charge is -2.27. The molecule has 1 aromatic heterocycles. The van der Waals surface area contributed by atoms with E-state index in [-0.39, 0.29) is 11.1 Å². The number of carbonyl (C=O) groups is 2. The van der Waals surface area contributed by atoms with Crippen molar-refractivity contribution < 1.29 is 28.9 Å². The van der Waals surface area contributed by atoms with Crippen LogP contribution in [0.4, 0.5) is 0 Å². The summed E-state index contributed by atoms with van der Waals surface area (Å²) >= 11 is 6.37. The van der Waals surface area contributed by atoms with E-state index in [4.69, 9.17) is 25.8 Å². The van der Waals surface area contributed by atoms with E-state index in [1.165, 1.54) is 12.1 Å². The third-order valence-electron chi connectivity index (χ3n) is 5.12. The Morgan fingerprint density at radius 3 is 2.18 bits per heavy atom. The molecule has 4 atom stereocenters. The van der Waals surface area contributed by atoms with Crippen LogP contribution in [0.5, 0.6) is 0 Å². The molecular formula is C23H19ClN2O8. The van der Waals surface area contributed by atoms with Gasteiger partial charge in [-0.3, -0.25) is 14.3 Å². The number of benzene rings is 2. The Morgan fingerprint density at radius 2 is 1.59 bits per heavy atom. The molecule has 176 valence electrons. The summed E-state index contributed by atoms with van der Waals surface area (Å²) in [4.78, 5) is 50.8. The fourth-order valence-corrected chi connectivity index (χ4v) is 3.81. The van der Waals surface area contributed by atoms with Crippen molar-refractivity contribution in [2.24, 2.45) is 0 Å². The highest BCUT2D eigenvalue weighted by molar-refractivity contribution is 6.23. The zero-order chi connectivity index (χ0) is 24.3. The number of esters is 2. The fourth-order valence-electron chi connectivity index (χ4n) is 3.46. The molecule has 1 saturated heterocycles. The van der Waals surface area contributed by atoms with E-state index in [1.54, 1.807) is 48.5 Å². The number of nitrogens with zero attached hydrogens (tertiary/aromatic N) is 1. The topological polar surface area (TPSA) is 137 Å². The fraction of sp³-hybridized carbons (Fsp3) is 0.217. The van der Waals surface area contributed by atoms with Crippen LogP contribution in [0.25, 0.3) is 0 Å². The van der Waals surface area contributed by atoms with Gasteiger partial charge in [0.1, 0.15) is 12.7 Å². The molecule has 34 heavy (non-hydrogen) atoms. The van der Waals surface area contributed by atoms with Gasteiger partial charge < -0.3 is 19.3 Å². The van der Waals surface area contributed by atoms with Crippen molar-refractivity contribution in [3.8, 4) is 0 Å². The number of aromatic amines is 1.